The topological polar surface area (TPSA) is 40.5 Å². The zero-order chi connectivity index (χ0) is 24.7. The SMILES string of the molecule is CCCCCCSCCCCCCCCCCC1=CCCc2cc(O)ccc21.Oc1cc2ccc1=2. The first-order chi connectivity index (χ1) is 17.2. The van der Waals surface area contributed by atoms with Crippen LogP contribution in [-0.2, 0) is 6.42 Å². The van der Waals surface area contributed by atoms with Gasteiger partial charge in [0.15, 0.2) is 0 Å². The summed E-state index contributed by atoms with van der Waals surface area (Å²) in [5.41, 5.74) is 4.22. The van der Waals surface area contributed by atoms with E-state index in [9.17, 15) is 5.11 Å². The molecule has 0 aliphatic heterocycles. The van der Waals surface area contributed by atoms with E-state index in [2.05, 4.69) is 30.8 Å². The van der Waals surface area contributed by atoms with Crippen molar-refractivity contribution in [2.45, 2.75) is 103 Å². The van der Waals surface area contributed by atoms with Crippen LogP contribution in [0.15, 0.2) is 42.5 Å². The lowest BCUT2D eigenvalue weighted by molar-refractivity contribution is 0.465. The fourth-order valence-electron chi connectivity index (χ4n) is 4.93. The fraction of sp³-hybridized carbons (Fsp3) is 0.562. The Hall–Kier alpha value is -1.87. The van der Waals surface area contributed by atoms with Crippen molar-refractivity contribution in [3.63, 3.8) is 0 Å². The number of fused-ring (bicyclic) bond motifs is 1. The second kappa shape index (κ2) is 16.0. The molecule has 0 radical (unpaired) electrons. The molecule has 4 rings (SSSR count). The van der Waals surface area contributed by atoms with E-state index in [1.54, 1.807) is 6.07 Å². The van der Waals surface area contributed by atoms with Crippen molar-refractivity contribution in [2.75, 3.05) is 11.5 Å². The van der Waals surface area contributed by atoms with Gasteiger partial charge in [-0.2, -0.15) is 11.8 Å². The number of hydrogen-bond donors (Lipinski definition) is 2. The van der Waals surface area contributed by atoms with Crippen LogP contribution in [0, 0.1) is 10.4 Å². The molecule has 0 aromatic heterocycles. The molecule has 0 heterocycles. The van der Waals surface area contributed by atoms with Gasteiger partial charge < -0.3 is 10.2 Å². The van der Waals surface area contributed by atoms with E-state index < -0.39 is 0 Å². The first kappa shape index (κ1) is 27.7. The highest BCUT2D eigenvalue weighted by atomic mass is 32.2. The fourth-order valence-corrected chi connectivity index (χ4v) is 5.95. The summed E-state index contributed by atoms with van der Waals surface area (Å²) in [6.07, 6.45) is 22.6. The minimum Gasteiger partial charge on any atom is -0.508 e. The summed E-state index contributed by atoms with van der Waals surface area (Å²) in [7, 11) is 0. The van der Waals surface area contributed by atoms with Crippen LogP contribution in [0.5, 0.6) is 11.5 Å². The number of phenols is 2. The first-order valence-corrected chi connectivity index (χ1v) is 15.3. The molecule has 3 aliphatic carbocycles. The summed E-state index contributed by atoms with van der Waals surface area (Å²) in [4.78, 5) is 0. The van der Waals surface area contributed by atoms with E-state index in [4.69, 9.17) is 5.11 Å². The van der Waals surface area contributed by atoms with Crippen LogP contribution in [-0.4, -0.2) is 21.7 Å². The monoisotopic (exact) mass is 494 g/mol. The third kappa shape index (κ3) is 9.60. The molecule has 2 N–H and O–H groups in total. The van der Waals surface area contributed by atoms with Crippen molar-refractivity contribution >= 4 is 17.3 Å². The zero-order valence-electron chi connectivity index (χ0n) is 21.9. The molecular formula is C32H46O2S. The Morgan fingerprint density at radius 1 is 0.743 bits per heavy atom. The van der Waals surface area contributed by atoms with E-state index in [1.807, 2.05) is 24.3 Å². The van der Waals surface area contributed by atoms with Gasteiger partial charge in [0.1, 0.15) is 11.5 Å². The van der Waals surface area contributed by atoms with Gasteiger partial charge in [-0.05, 0) is 90.1 Å². The smallest absolute Gasteiger partial charge is 0.124 e. The average molecular weight is 495 g/mol. The molecule has 0 fully saturated rings. The maximum atomic E-state index is 9.67. The summed E-state index contributed by atoms with van der Waals surface area (Å²) in [5, 5.41) is 20.6. The second-order valence-corrected chi connectivity index (χ2v) is 11.3. The second-order valence-electron chi connectivity index (χ2n) is 10.1. The number of allylic oxidation sites excluding steroid dienone is 2. The molecule has 0 saturated carbocycles. The highest BCUT2D eigenvalue weighted by Crippen LogP contribution is 2.32. The summed E-state index contributed by atoms with van der Waals surface area (Å²) >= 11 is 2.17. The van der Waals surface area contributed by atoms with Crippen molar-refractivity contribution in [2.24, 2.45) is 0 Å². The van der Waals surface area contributed by atoms with Gasteiger partial charge in [0.2, 0.25) is 0 Å². The minimum absolute atomic E-state index is 0.408. The predicted octanol–water partition coefficient (Wildman–Crippen LogP) is 9.54. The molecule has 0 unspecified atom stereocenters. The van der Waals surface area contributed by atoms with Gasteiger partial charge in [0.05, 0.1) is 0 Å². The van der Waals surface area contributed by atoms with Crippen LogP contribution in [0.2, 0.25) is 0 Å². The van der Waals surface area contributed by atoms with Crippen molar-refractivity contribution in [1.29, 1.82) is 0 Å². The number of benzene rings is 2. The van der Waals surface area contributed by atoms with Gasteiger partial charge in [0.25, 0.3) is 0 Å². The van der Waals surface area contributed by atoms with E-state index in [0.29, 0.717) is 11.5 Å². The van der Waals surface area contributed by atoms with Crippen LogP contribution in [0.25, 0.3) is 5.57 Å². The van der Waals surface area contributed by atoms with Crippen LogP contribution in [0.3, 0.4) is 0 Å². The molecule has 0 atom stereocenters. The number of unbranched alkanes of at least 4 members (excludes halogenated alkanes) is 10. The molecule has 0 saturated heterocycles. The maximum absolute atomic E-state index is 9.67. The maximum Gasteiger partial charge on any atom is 0.124 e. The third-order valence-corrected chi connectivity index (χ3v) is 8.33. The Bertz CT molecular complexity index is 1010. The summed E-state index contributed by atoms with van der Waals surface area (Å²) in [5.74, 6) is 3.60. The van der Waals surface area contributed by atoms with Gasteiger partial charge in [0, 0.05) is 5.22 Å². The molecule has 3 aliphatic rings. The normalized spacial score (nSPS) is 13.0. The molecule has 0 bridgehead atoms. The molecule has 1 aromatic carbocycles. The number of aryl methyl sites for hydroxylation is 1. The Morgan fingerprint density at radius 3 is 2.00 bits per heavy atom. The lowest BCUT2D eigenvalue weighted by Gasteiger charge is -2.18. The van der Waals surface area contributed by atoms with Gasteiger partial charge in [-0.25, -0.2) is 0 Å². The van der Waals surface area contributed by atoms with Crippen LogP contribution >= 0.6 is 11.8 Å². The molecule has 192 valence electrons. The lowest BCUT2D eigenvalue weighted by atomic mass is 9.88. The number of rotatable bonds is 16. The predicted molar refractivity (Wildman–Crippen MR) is 153 cm³/mol. The lowest BCUT2D eigenvalue weighted by Crippen LogP contribution is -1.99. The van der Waals surface area contributed by atoms with Crippen molar-refractivity contribution in [1.82, 2.24) is 0 Å². The molecule has 2 nitrogen and oxygen atoms in total. The summed E-state index contributed by atoms with van der Waals surface area (Å²) < 4.78 is 0. The van der Waals surface area contributed by atoms with Gasteiger partial charge in [-0.1, -0.05) is 89.0 Å². The highest BCUT2D eigenvalue weighted by molar-refractivity contribution is 7.99. The average Bonchev–Trinajstić information content (AvgIpc) is 2.85. The molecular weight excluding hydrogens is 448 g/mol. The number of phenolic OH excluding ortho intramolecular Hbond substituents is 2. The van der Waals surface area contributed by atoms with E-state index in [-0.39, 0.29) is 0 Å². The van der Waals surface area contributed by atoms with Crippen molar-refractivity contribution < 1.29 is 10.2 Å². The number of thioether (sulfide) groups is 1. The Kier molecular flexibility index (Phi) is 12.7. The molecule has 0 amide bonds. The minimum atomic E-state index is 0.408. The van der Waals surface area contributed by atoms with E-state index in [0.717, 1.165) is 18.1 Å². The molecule has 0 spiro atoms. The number of hydrogen-bond acceptors (Lipinski definition) is 3. The quantitative estimate of drug-likeness (QED) is 0.195. The number of aromatic hydroxyl groups is 2. The van der Waals surface area contributed by atoms with Gasteiger partial charge in [-0.3, -0.25) is 0 Å². The third-order valence-electron chi connectivity index (χ3n) is 7.17. The van der Waals surface area contributed by atoms with Crippen LogP contribution < -0.4 is 0 Å². The molecule has 3 heteroatoms. The van der Waals surface area contributed by atoms with E-state index >= 15 is 0 Å². The molecule has 1 aromatic rings. The largest absolute Gasteiger partial charge is 0.508 e. The van der Waals surface area contributed by atoms with Gasteiger partial charge in [-0.15, -0.1) is 0 Å². The van der Waals surface area contributed by atoms with Crippen molar-refractivity contribution in [3.05, 3.63) is 64.0 Å². The summed E-state index contributed by atoms with van der Waals surface area (Å²) in [6, 6.07) is 11.5. The first-order valence-electron chi connectivity index (χ1n) is 14.1. The van der Waals surface area contributed by atoms with Crippen LogP contribution in [0.1, 0.15) is 108 Å². The zero-order valence-corrected chi connectivity index (χ0v) is 22.7. The Balaban J connectivity index is 0.000000410. The standard InChI is InChI=1S/C26H42OS.C6H4O/c1-2-3-4-12-20-28-21-13-10-8-6-5-7-9-11-15-23-16-14-17-24-22-25(27)18-19-26(23)24;7-6-3-4-1-2-5(4)6/h16,18-19,22,27H,2-15,17,20-21H2,1H3;1-3,7H. The van der Waals surface area contributed by atoms with Crippen molar-refractivity contribution in [3.8, 4) is 11.5 Å². The Morgan fingerprint density at radius 2 is 1.43 bits per heavy atom. The summed E-state index contributed by atoms with van der Waals surface area (Å²) in [6.45, 7) is 2.29. The molecule has 35 heavy (non-hydrogen) atoms. The van der Waals surface area contributed by atoms with Gasteiger partial charge >= 0.3 is 0 Å². The Labute approximate surface area is 217 Å². The van der Waals surface area contributed by atoms with E-state index in [1.165, 1.54) is 117 Å². The van der Waals surface area contributed by atoms with Crippen LogP contribution in [0.4, 0.5) is 0 Å². The highest BCUT2D eigenvalue weighted by Gasteiger charge is 2.12.